The molecule has 0 aliphatic carbocycles. The third-order valence-corrected chi connectivity index (χ3v) is 3.11. The number of rotatable bonds is 4. The predicted octanol–water partition coefficient (Wildman–Crippen LogP) is 3.20. The normalized spacial score (nSPS) is 10.5. The van der Waals surface area contributed by atoms with E-state index in [1.165, 1.54) is 13.4 Å². The van der Waals surface area contributed by atoms with Gasteiger partial charge in [0.05, 0.1) is 7.11 Å². The van der Waals surface area contributed by atoms with Crippen LogP contribution in [-0.2, 0) is 6.42 Å². The number of nitrogens with zero attached hydrogens (tertiary/aromatic N) is 4. The average Bonchev–Trinajstić information content (AvgIpc) is 2.42. The Hall–Kier alpha value is -1.46. The SMILES string of the molecule is CCCc1c(Cl)nc(-c2cc(OC)ncn2)nc1Cl. The summed E-state index contributed by atoms with van der Waals surface area (Å²) < 4.78 is 5.03. The molecule has 7 heteroatoms. The minimum atomic E-state index is 0.356. The summed E-state index contributed by atoms with van der Waals surface area (Å²) in [5.74, 6) is 0.786. The molecule has 0 bridgehead atoms. The molecule has 0 aliphatic rings. The fraction of sp³-hybridized carbons (Fsp3) is 0.333. The summed E-state index contributed by atoms with van der Waals surface area (Å²) in [5.41, 5.74) is 1.27. The van der Waals surface area contributed by atoms with E-state index in [4.69, 9.17) is 27.9 Å². The number of halogens is 2. The molecule has 2 heterocycles. The van der Waals surface area contributed by atoms with Crippen molar-refractivity contribution in [1.82, 2.24) is 19.9 Å². The van der Waals surface area contributed by atoms with Gasteiger partial charge in [-0.2, -0.15) is 0 Å². The molecule has 19 heavy (non-hydrogen) atoms. The van der Waals surface area contributed by atoms with Gasteiger partial charge in [-0.15, -0.1) is 0 Å². The minimum Gasteiger partial charge on any atom is -0.481 e. The Morgan fingerprint density at radius 1 is 1.16 bits per heavy atom. The van der Waals surface area contributed by atoms with Crippen LogP contribution in [0.1, 0.15) is 18.9 Å². The summed E-state index contributed by atoms with van der Waals surface area (Å²) in [6.45, 7) is 2.04. The van der Waals surface area contributed by atoms with Gasteiger partial charge in [-0.05, 0) is 6.42 Å². The molecule has 0 atom stereocenters. The molecule has 0 saturated heterocycles. The molecular weight excluding hydrogens is 287 g/mol. The Labute approximate surface area is 121 Å². The van der Waals surface area contributed by atoms with Crippen molar-refractivity contribution in [3.05, 3.63) is 28.3 Å². The van der Waals surface area contributed by atoms with Crippen LogP contribution in [0.2, 0.25) is 10.3 Å². The van der Waals surface area contributed by atoms with E-state index in [2.05, 4.69) is 19.9 Å². The van der Waals surface area contributed by atoms with Crippen molar-refractivity contribution in [2.75, 3.05) is 7.11 Å². The molecule has 0 radical (unpaired) electrons. The zero-order valence-corrected chi connectivity index (χ0v) is 12.0. The molecule has 2 aromatic heterocycles. The Kier molecular flexibility index (Phi) is 4.50. The number of methoxy groups -OCH3 is 1. The van der Waals surface area contributed by atoms with Gasteiger partial charge in [-0.25, -0.2) is 19.9 Å². The summed E-state index contributed by atoms with van der Waals surface area (Å²) in [4.78, 5) is 16.4. The van der Waals surface area contributed by atoms with Crippen LogP contribution in [0.25, 0.3) is 11.5 Å². The first-order valence-electron chi connectivity index (χ1n) is 5.74. The fourth-order valence-corrected chi connectivity index (χ4v) is 2.15. The first-order chi connectivity index (χ1) is 9.15. The summed E-state index contributed by atoms with van der Waals surface area (Å²) in [5, 5.41) is 0.712. The van der Waals surface area contributed by atoms with Crippen molar-refractivity contribution in [2.24, 2.45) is 0 Å². The molecule has 0 amide bonds. The van der Waals surface area contributed by atoms with Crippen molar-refractivity contribution in [2.45, 2.75) is 19.8 Å². The van der Waals surface area contributed by atoms with E-state index in [1.807, 2.05) is 6.92 Å². The van der Waals surface area contributed by atoms with Crippen LogP contribution in [0.15, 0.2) is 12.4 Å². The van der Waals surface area contributed by atoms with Gasteiger partial charge >= 0.3 is 0 Å². The van der Waals surface area contributed by atoms with Gasteiger partial charge in [0.2, 0.25) is 5.88 Å². The van der Waals surface area contributed by atoms with Gasteiger partial charge in [-0.1, -0.05) is 36.5 Å². The van der Waals surface area contributed by atoms with E-state index in [1.54, 1.807) is 6.07 Å². The highest BCUT2D eigenvalue weighted by molar-refractivity contribution is 6.34. The topological polar surface area (TPSA) is 60.8 Å². The predicted molar refractivity (Wildman–Crippen MR) is 73.6 cm³/mol. The summed E-state index contributed by atoms with van der Waals surface area (Å²) in [6, 6.07) is 1.63. The Balaban J connectivity index is 2.45. The van der Waals surface area contributed by atoms with Crippen LogP contribution in [0.4, 0.5) is 0 Å². The molecule has 2 aromatic rings. The molecule has 0 aromatic carbocycles. The highest BCUT2D eigenvalue weighted by Gasteiger charge is 2.13. The number of ether oxygens (including phenoxy) is 1. The molecule has 0 spiro atoms. The zero-order valence-electron chi connectivity index (χ0n) is 10.5. The summed E-state index contributed by atoms with van der Waals surface area (Å²) >= 11 is 12.3. The van der Waals surface area contributed by atoms with Gasteiger partial charge < -0.3 is 4.74 Å². The second-order valence-electron chi connectivity index (χ2n) is 3.80. The van der Waals surface area contributed by atoms with E-state index in [0.717, 1.165) is 18.4 Å². The van der Waals surface area contributed by atoms with Crippen molar-refractivity contribution in [3.8, 4) is 17.4 Å². The third kappa shape index (κ3) is 3.11. The monoisotopic (exact) mass is 298 g/mol. The number of aromatic nitrogens is 4. The Morgan fingerprint density at radius 2 is 1.84 bits per heavy atom. The summed E-state index contributed by atoms with van der Waals surface area (Å²) in [7, 11) is 1.53. The third-order valence-electron chi connectivity index (χ3n) is 2.49. The lowest BCUT2D eigenvalue weighted by atomic mass is 10.2. The highest BCUT2D eigenvalue weighted by atomic mass is 35.5. The van der Waals surface area contributed by atoms with E-state index >= 15 is 0 Å². The molecule has 5 nitrogen and oxygen atoms in total. The molecule has 0 saturated carbocycles. The molecule has 0 unspecified atom stereocenters. The number of hydrogen-bond acceptors (Lipinski definition) is 5. The van der Waals surface area contributed by atoms with Crippen molar-refractivity contribution >= 4 is 23.2 Å². The first kappa shape index (κ1) is 14.0. The van der Waals surface area contributed by atoms with E-state index < -0.39 is 0 Å². The largest absolute Gasteiger partial charge is 0.481 e. The molecule has 0 aliphatic heterocycles. The molecule has 0 N–H and O–H groups in total. The highest BCUT2D eigenvalue weighted by Crippen LogP contribution is 2.26. The van der Waals surface area contributed by atoms with Gasteiger partial charge in [0.15, 0.2) is 5.82 Å². The minimum absolute atomic E-state index is 0.356. The van der Waals surface area contributed by atoms with Crippen LogP contribution in [-0.4, -0.2) is 27.0 Å². The molecule has 100 valence electrons. The summed E-state index contributed by atoms with van der Waals surface area (Å²) in [6.07, 6.45) is 3.04. The van der Waals surface area contributed by atoms with Crippen LogP contribution < -0.4 is 4.74 Å². The second kappa shape index (κ2) is 6.12. The van der Waals surface area contributed by atoms with Crippen LogP contribution >= 0.6 is 23.2 Å². The maximum absolute atomic E-state index is 6.13. The van der Waals surface area contributed by atoms with E-state index in [0.29, 0.717) is 27.7 Å². The molecule has 2 rings (SSSR count). The lowest BCUT2D eigenvalue weighted by Crippen LogP contribution is -1.99. The van der Waals surface area contributed by atoms with Crippen molar-refractivity contribution in [1.29, 1.82) is 0 Å². The first-order valence-corrected chi connectivity index (χ1v) is 6.49. The van der Waals surface area contributed by atoms with Crippen molar-refractivity contribution < 1.29 is 4.74 Å². The van der Waals surface area contributed by atoms with Gasteiger partial charge in [0.1, 0.15) is 22.3 Å². The average molecular weight is 299 g/mol. The van der Waals surface area contributed by atoms with Gasteiger partial charge in [0.25, 0.3) is 0 Å². The van der Waals surface area contributed by atoms with E-state index in [-0.39, 0.29) is 0 Å². The lowest BCUT2D eigenvalue weighted by Gasteiger charge is -2.07. The van der Waals surface area contributed by atoms with Crippen LogP contribution in [0, 0.1) is 0 Å². The van der Waals surface area contributed by atoms with Crippen LogP contribution in [0.5, 0.6) is 5.88 Å². The Morgan fingerprint density at radius 3 is 2.42 bits per heavy atom. The van der Waals surface area contributed by atoms with Gasteiger partial charge in [-0.3, -0.25) is 0 Å². The maximum Gasteiger partial charge on any atom is 0.216 e. The fourth-order valence-electron chi connectivity index (χ4n) is 1.58. The lowest BCUT2D eigenvalue weighted by molar-refractivity contribution is 0.397. The zero-order chi connectivity index (χ0) is 13.8. The maximum atomic E-state index is 6.13. The smallest absolute Gasteiger partial charge is 0.216 e. The molecule has 0 fully saturated rings. The number of hydrogen-bond donors (Lipinski definition) is 0. The van der Waals surface area contributed by atoms with Gasteiger partial charge in [0, 0.05) is 11.6 Å². The van der Waals surface area contributed by atoms with Crippen LogP contribution in [0.3, 0.4) is 0 Å². The molecular formula is C12H12Cl2N4O. The van der Waals surface area contributed by atoms with E-state index in [9.17, 15) is 0 Å². The Bertz CT molecular complexity index is 569. The van der Waals surface area contributed by atoms with Crippen molar-refractivity contribution in [3.63, 3.8) is 0 Å². The quantitative estimate of drug-likeness (QED) is 0.811. The second-order valence-corrected chi connectivity index (χ2v) is 4.52. The standard InChI is InChI=1S/C12H12Cl2N4O/c1-3-4-7-10(13)17-12(18-11(7)14)8-5-9(19-2)16-6-15-8/h5-6H,3-4H2,1-2H3.